The highest BCUT2D eigenvalue weighted by atomic mass is 19.1. The highest BCUT2D eigenvalue weighted by Gasteiger charge is 2.19. The lowest BCUT2D eigenvalue weighted by Gasteiger charge is -2.21. The molecule has 0 aliphatic heterocycles. The molecule has 0 saturated carbocycles. The summed E-state index contributed by atoms with van der Waals surface area (Å²) in [6.45, 7) is 2.64. The Morgan fingerprint density at radius 1 is 1.24 bits per heavy atom. The Hall–Kier alpha value is -2.40. The van der Waals surface area contributed by atoms with Gasteiger partial charge in [0.1, 0.15) is 11.6 Å². The van der Waals surface area contributed by atoms with Gasteiger partial charge in [-0.1, -0.05) is 12.1 Å². The number of carbonyl (C=O) groups is 1. The van der Waals surface area contributed by atoms with E-state index in [1.165, 1.54) is 17.0 Å². The minimum absolute atomic E-state index is 0.0717. The van der Waals surface area contributed by atoms with Crippen LogP contribution in [-0.4, -0.2) is 17.6 Å². The lowest BCUT2D eigenvalue weighted by molar-refractivity contribution is 0.0984. The number of phenols is 1. The number of hydrogen-bond donors (Lipinski definition) is 2. The van der Waals surface area contributed by atoms with Crippen molar-refractivity contribution in [1.29, 1.82) is 0 Å². The Morgan fingerprint density at radius 2 is 1.90 bits per heavy atom. The van der Waals surface area contributed by atoms with Crippen LogP contribution in [0.15, 0.2) is 42.5 Å². The van der Waals surface area contributed by atoms with Crippen molar-refractivity contribution in [3.8, 4) is 5.75 Å². The highest BCUT2D eigenvalue weighted by Crippen LogP contribution is 2.21. The SMILES string of the molecule is CCN(C(=O)c1ccc(O)cc1F)c1ccc(CN)cc1. The fourth-order valence-corrected chi connectivity index (χ4v) is 2.08. The van der Waals surface area contributed by atoms with Gasteiger partial charge in [0.2, 0.25) is 0 Å². The van der Waals surface area contributed by atoms with E-state index in [9.17, 15) is 14.3 Å². The van der Waals surface area contributed by atoms with Crippen LogP contribution in [0.2, 0.25) is 0 Å². The summed E-state index contributed by atoms with van der Waals surface area (Å²) in [4.78, 5) is 13.9. The van der Waals surface area contributed by atoms with Crippen LogP contribution in [0, 0.1) is 5.82 Å². The van der Waals surface area contributed by atoms with E-state index in [-0.39, 0.29) is 11.3 Å². The number of nitrogens with zero attached hydrogens (tertiary/aromatic N) is 1. The van der Waals surface area contributed by atoms with Crippen LogP contribution in [0.3, 0.4) is 0 Å². The number of phenolic OH excluding ortho intramolecular Hbond substituents is 1. The highest BCUT2D eigenvalue weighted by molar-refractivity contribution is 6.06. The minimum atomic E-state index is -0.739. The van der Waals surface area contributed by atoms with Gasteiger partial charge in [0.15, 0.2) is 0 Å². The monoisotopic (exact) mass is 288 g/mol. The number of carbonyl (C=O) groups excluding carboxylic acids is 1. The lowest BCUT2D eigenvalue weighted by atomic mass is 10.1. The zero-order valence-electron chi connectivity index (χ0n) is 11.7. The molecule has 2 rings (SSSR count). The number of aromatic hydroxyl groups is 1. The lowest BCUT2D eigenvalue weighted by Crippen LogP contribution is -2.31. The van der Waals surface area contributed by atoms with Crippen molar-refractivity contribution in [3.63, 3.8) is 0 Å². The first-order valence-electron chi connectivity index (χ1n) is 6.66. The second-order valence-electron chi connectivity index (χ2n) is 4.58. The summed E-state index contributed by atoms with van der Waals surface area (Å²) in [5.74, 6) is -1.40. The van der Waals surface area contributed by atoms with Gasteiger partial charge < -0.3 is 15.7 Å². The Morgan fingerprint density at radius 3 is 2.43 bits per heavy atom. The molecule has 3 N–H and O–H groups in total. The van der Waals surface area contributed by atoms with Gasteiger partial charge in [-0.2, -0.15) is 0 Å². The van der Waals surface area contributed by atoms with Gasteiger partial charge in [-0.25, -0.2) is 4.39 Å². The van der Waals surface area contributed by atoms with Crippen LogP contribution in [0.1, 0.15) is 22.8 Å². The van der Waals surface area contributed by atoms with E-state index in [0.29, 0.717) is 18.8 Å². The van der Waals surface area contributed by atoms with Gasteiger partial charge in [-0.15, -0.1) is 0 Å². The van der Waals surface area contributed by atoms with E-state index < -0.39 is 11.7 Å². The van der Waals surface area contributed by atoms with E-state index in [4.69, 9.17) is 5.73 Å². The van der Waals surface area contributed by atoms with Crippen LogP contribution in [0.5, 0.6) is 5.75 Å². The molecule has 4 nitrogen and oxygen atoms in total. The standard InChI is InChI=1S/C16H17FN2O2/c1-2-19(12-5-3-11(10-18)4-6-12)16(21)14-8-7-13(20)9-15(14)17/h3-9,20H,2,10,18H2,1H3. The average Bonchev–Trinajstić information content (AvgIpc) is 2.48. The Balaban J connectivity index is 2.33. The molecule has 0 unspecified atom stereocenters. The van der Waals surface area contributed by atoms with E-state index in [1.54, 1.807) is 12.1 Å². The quantitative estimate of drug-likeness (QED) is 0.909. The molecule has 0 heterocycles. The average molecular weight is 288 g/mol. The first-order valence-corrected chi connectivity index (χ1v) is 6.66. The Kier molecular flexibility index (Phi) is 4.55. The fraction of sp³-hybridized carbons (Fsp3) is 0.188. The third-order valence-electron chi connectivity index (χ3n) is 3.23. The zero-order valence-corrected chi connectivity index (χ0v) is 11.7. The fourth-order valence-electron chi connectivity index (χ4n) is 2.08. The van der Waals surface area contributed by atoms with Crippen molar-refractivity contribution in [3.05, 3.63) is 59.4 Å². The molecule has 21 heavy (non-hydrogen) atoms. The van der Waals surface area contributed by atoms with E-state index >= 15 is 0 Å². The summed E-state index contributed by atoms with van der Waals surface area (Å²) < 4.78 is 13.8. The zero-order chi connectivity index (χ0) is 15.4. The maximum absolute atomic E-state index is 13.8. The van der Waals surface area contributed by atoms with Crippen LogP contribution in [-0.2, 0) is 6.54 Å². The smallest absolute Gasteiger partial charge is 0.261 e. The number of amides is 1. The largest absolute Gasteiger partial charge is 0.508 e. The van der Waals surface area contributed by atoms with Gasteiger partial charge in [0.25, 0.3) is 5.91 Å². The Bertz CT molecular complexity index is 641. The van der Waals surface area contributed by atoms with Gasteiger partial charge in [-0.3, -0.25) is 4.79 Å². The van der Waals surface area contributed by atoms with Crippen LogP contribution < -0.4 is 10.6 Å². The molecule has 110 valence electrons. The van der Waals surface area contributed by atoms with Crippen molar-refractivity contribution >= 4 is 11.6 Å². The summed E-state index contributed by atoms with van der Waals surface area (Å²) in [7, 11) is 0. The maximum atomic E-state index is 13.8. The molecular formula is C16H17FN2O2. The Labute approximate surface area is 122 Å². The van der Waals surface area contributed by atoms with Crippen molar-refractivity contribution in [2.75, 3.05) is 11.4 Å². The molecular weight excluding hydrogens is 271 g/mol. The van der Waals surface area contributed by atoms with Crippen LogP contribution in [0.4, 0.5) is 10.1 Å². The molecule has 0 aliphatic rings. The molecule has 0 saturated heterocycles. The number of hydrogen-bond acceptors (Lipinski definition) is 3. The predicted octanol–water partition coefficient (Wildman–Crippen LogP) is 2.66. The molecule has 0 spiro atoms. The topological polar surface area (TPSA) is 66.6 Å². The van der Waals surface area contributed by atoms with Crippen LogP contribution in [0.25, 0.3) is 0 Å². The third kappa shape index (κ3) is 3.20. The van der Waals surface area contributed by atoms with E-state index in [0.717, 1.165) is 11.6 Å². The first kappa shape index (κ1) is 15.0. The van der Waals surface area contributed by atoms with Gasteiger partial charge in [-0.05, 0) is 36.8 Å². The van der Waals surface area contributed by atoms with Gasteiger partial charge in [0, 0.05) is 24.8 Å². The first-order chi connectivity index (χ1) is 10.1. The van der Waals surface area contributed by atoms with Crippen molar-refractivity contribution in [1.82, 2.24) is 0 Å². The molecule has 0 fully saturated rings. The molecule has 0 atom stereocenters. The number of nitrogens with two attached hydrogens (primary N) is 1. The third-order valence-corrected chi connectivity index (χ3v) is 3.23. The second kappa shape index (κ2) is 6.37. The summed E-state index contributed by atoms with van der Waals surface area (Å²) in [6.07, 6.45) is 0. The van der Waals surface area contributed by atoms with Crippen molar-refractivity contribution in [2.24, 2.45) is 5.73 Å². The summed E-state index contributed by atoms with van der Waals surface area (Å²) in [5.41, 5.74) is 7.10. The molecule has 2 aromatic carbocycles. The van der Waals surface area contributed by atoms with E-state index in [2.05, 4.69) is 0 Å². The summed E-state index contributed by atoms with van der Waals surface area (Å²) in [5, 5.41) is 9.21. The normalized spacial score (nSPS) is 10.4. The van der Waals surface area contributed by atoms with Gasteiger partial charge in [0.05, 0.1) is 5.56 Å². The summed E-state index contributed by atoms with van der Waals surface area (Å²) >= 11 is 0. The maximum Gasteiger partial charge on any atom is 0.261 e. The summed E-state index contributed by atoms with van der Waals surface area (Å²) in [6, 6.07) is 10.7. The number of halogens is 1. The van der Waals surface area contributed by atoms with Gasteiger partial charge >= 0.3 is 0 Å². The molecule has 0 aromatic heterocycles. The predicted molar refractivity (Wildman–Crippen MR) is 79.7 cm³/mol. The van der Waals surface area contributed by atoms with E-state index in [1.807, 2.05) is 19.1 Å². The molecule has 0 aliphatic carbocycles. The second-order valence-corrected chi connectivity index (χ2v) is 4.58. The number of rotatable bonds is 4. The van der Waals surface area contributed by atoms with Crippen LogP contribution >= 0.6 is 0 Å². The number of anilines is 1. The minimum Gasteiger partial charge on any atom is -0.508 e. The molecule has 0 bridgehead atoms. The molecule has 5 heteroatoms. The van der Waals surface area contributed by atoms with Crippen molar-refractivity contribution < 1.29 is 14.3 Å². The number of benzene rings is 2. The van der Waals surface area contributed by atoms with Crippen molar-refractivity contribution in [2.45, 2.75) is 13.5 Å². The molecule has 2 aromatic rings. The molecule has 1 amide bonds. The molecule has 0 radical (unpaired) electrons.